The van der Waals surface area contributed by atoms with Crippen molar-refractivity contribution in [2.24, 2.45) is 0 Å². The highest BCUT2D eigenvalue weighted by Crippen LogP contribution is 2.45. The third-order valence-corrected chi connectivity index (χ3v) is 8.46. The average molecular weight is 643 g/mol. The Labute approximate surface area is 261 Å². The molecule has 1 fully saturated rings. The van der Waals surface area contributed by atoms with Gasteiger partial charge < -0.3 is 19.3 Å². The van der Waals surface area contributed by atoms with E-state index in [1.54, 1.807) is 42.5 Å². The summed E-state index contributed by atoms with van der Waals surface area (Å²) >= 11 is 19.4. The van der Waals surface area contributed by atoms with Gasteiger partial charge in [-0.2, -0.15) is 0 Å². The van der Waals surface area contributed by atoms with Gasteiger partial charge in [-0.25, -0.2) is 4.79 Å². The number of piperidine rings is 1. The SMILES string of the molecule is C=CC(=O)N1CCC(COC)(c2onc(-c3c(Cl)cc(Cl)cc3Cl)c2C(=O)n2ccc3c(/C=C/C(=O)O)cccc32)CC1. The molecule has 1 aliphatic heterocycles. The molecule has 0 aliphatic carbocycles. The van der Waals surface area contributed by atoms with Crippen LogP contribution in [0.1, 0.15) is 34.5 Å². The van der Waals surface area contributed by atoms with Crippen molar-refractivity contribution in [3.05, 3.63) is 93.3 Å². The standard InChI is InChI=1S/C31H26Cl3N3O6/c1-3-24(38)36-13-10-31(11-14-36,17-42-2)29-27(28(35-43-29)26-21(33)15-19(32)16-22(26)34)30(41)37-12-9-20-18(7-8-25(39)40)5-4-6-23(20)37/h3-9,12,15-16H,1,10-11,13-14,17H2,2H3,(H,39,40)/b8-7+. The van der Waals surface area contributed by atoms with Crippen molar-refractivity contribution in [3.8, 4) is 11.3 Å². The summed E-state index contributed by atoms with van der Waals surface area (Å²) in [7, 11) is 1.56. The van der Waals surface area contributed by atoms with Crippen molar-refractivity contribution < 1.29 is 28.8 Å². The van der Waals surface area contributed by atoms with E-state index in [2.05, 4.69) is 11.7 Å². The van der Waals surface area contributed by atoms with Crippen LogP contribution in [0.4, 0.5) is 0 Å². The quantitative estimate of drug-likeness (QED) is 0.212. The Morgan fingerprint density at radius 2 is 1.84 bits per heavy atom. The topological polar surface area (TPSA) is 115 Å². The van der Waals surface area contributed by atoms with Crippen LogP contribution in [0.25, 0.3) is 28.2 Å². The summed E-state index contributed by atoms with van der Waals surface area (Å²) in [5.41, 5.74) is 0.894. The largest absolute Gasteiger partial charge is 0.478 e. The molecule has 0 atom stereocenters. The molecule has 3 heterocycles. The number of aromatic nitrogens is 2. The maximum atomic E-state index is 14.6. The smallest absolute Gasteiger partial charge is 0.328 e. The van der Waals surface area contributed by atoms with Gasteiger partial charge in [0.1, 0.15) is 11.3 Å². The number of amides is 1. The highest BCUT2D eigenvalue weighted by Gasteiger charge is 2.45. The summed E-state index contributed by atoms with van der Waals surface area (Å²) in [6, 6.07) is 9.98. The Morgan fingerprint density at radius 1 is 1.14 bits per heavy atom. The van der Waals surface area contributed by atoms with E-state index in [-0.39, 0.29) is 45.1 Å². The maximum absolute atomic E-state index is 14.6. The van der Waals surface area contributed by atoms with Gasteiger partial charge in [-0.3, -0.25) is 14.2 Å². The molecular weight excluding hydrogens is 617 g/mol. The van der Waals surface area contributed by atoms with Crippen LogP contribution in [-0.2, 0) is 19.7 Å². The second-order valence-electron chi connectivity index (χ2n) is 10.2. The number of rotatable bonds is 8. The van der Waals surface area contributed by atoms with Gasteiger partial charge in [-0.05, 0) is 54.8 Å². The van der Waals surface area contributed by atoms with Crippen LogP contribution in [0.15, 0.2) is 65.8 Å². The van der Waals surface area contributed by atoms with Crippen molar-refractivity contribution in [3.63, 3.8) is 0 Å². The lowest BCUT2D eigenvalue weighted by Gasteiger charge is -2.39. The van der Waals surface area contributed by atoms with Crippen LogP contribution in [0.3, 0.4) is 0 Å². The van der Waals surface area contributed by atoms with E-state index < -0.39 is 17.3 Å². The molecule has 2 aromatic carbocycles. The first-order valence-electron chi connectivity index (χ1n) is 13.2. The number of carboxylic acids is 1. The molecule has 0 unspecified atom stereocenters. The number of methoxy groups -OCH3 is 1. The molecule has 9 nitrogen and oxygen atoms in total. The Balaban J connectivity index is 1.71. The molecule has 0 radical (unpaired) electrons. The van der Waals surface area contributed by atoms with Crippen molar-refractivity contribution in [2.45, 2.75) is 18.3 Å². The summed E-state index contributed by atoms with van der Waals surface area (Å²) in [6.45, 7) is 4.54. The number of hydrogen-bond acceptors (Lipinski definition) is 6. The minimum Gasteiger partial charge on any atom is -0.478 e. The second kappa shape index (κ2) is 12.4. The van der Waals surface area contributed by atoms with Crippen LogP contribution in [0, 0.1) is 0 Å². The molecular formula is C31H26Cl3N3O6. The van der Waals surface area contributed by atoms with Crippen LogP contribution < -0.4 is 0 Å². The fraction of sp³-hybridized carbons (Fsp3) is 0.226. The minimum absolute atomic E-state index is 0.135. The Hall–Kier alpha value is -3.89. The second-order valence-corrected chi connectivity index (χ2v) is 11.4. The number of carboxylic acid groups (broad SMARTS) is 1. The van der Waals surface area contributed by atoms with Gasteiger partial charge >= 0.3 is 5.97 Å². The van der Waals surface area contributed by atoms with E-state index in [1.165, 1.54) is 28.9 Å². The molecule has 12 heteroatoms. The number of nitrogens with zero attached hydrogens (tertiary/aromatic N) is 3. The summed E-state index contributed by atoms with van der Waals surface area (Å²) in [6.07, 6.45) is 6.22. The number of ether oxygens (including phenoxy) is 1. The zero-order valence-electron chi connectivity index (χ0n) is 23.0. The number of carbonyl (C=O) groups is 3. The number of carbonyl (C=O) groups excluding carboxylic acids is 2. The van der Waals surface area contributed by atoms with Crippen LogP contribution >= 0.6 is 34.8 Å². The fourth-order valence-corrected chi connectivity index (χ4v) is 6.58. The van der Waals surface area contributed by atoms with E-state index >= 15 is 0 Å². The number of aliphatic carboxylic acids is 1. The highest BCUT2D eigenvalue weighted by molar-refractivity contribution is 6.42. The van der Waals surface area contributed by atoms with E-state index in [0.717, 1.165) is 6.08 Å². The molecule has 4 aromatic rings. The molecule has 2 aromatic heterocycles. The molecule has 0 saturated carbocycles. The van der Waals surface area contributed by atoms with E-state index in [1.807, 2.05) is 0 Å². The summed E-state index contributed by atoms with van der Waals surface area (Å²) in [5, 5.41) is 14.8. The predicted octanol–water partition coefficient (Wildman–Crippen LogP) is 6.74. The molecule has 0 bridgehead atoms. The average Bonchev–Trinajstić information content (AvgIpc) is 3.61. The molecule has 43 heavy (non-hydrogen) atoms. The number of fused-ring (bicyclic) bond motifs is 1. The predicted molar refractivity (Wildman–Crippen MR) is 165 cm³/mol. The molecule has 1 N–H and O–H groups in total. The number of halogens is 3. The molecule has 5 rings (SSSR count). The Bertz CT molecular complexity index is 1760. The van der Waals surface area contributed by atoms with Gasteiger partial charge in [0.2, 0.25) is 5.91 Å². The minimum atomic E-state index is -1.09. The van der Waals surface area contributed by atoms with E-state index in [4.69, 9.17) is 49.2 Å². The van der Waals surface area contributed by atoms with Crippen molar-refractivity contribution in [2.75, 3.05) is 26.8 Å². The van der Waals surface area contributed by atoms with Gasteiger partial charge in [-0.15, -0.1) is 0 Å². The van der Waals surface area contributed by atoms with E-state index in [9.17, 15) is 14.4 Å². The fourth-order valence-electron chi connectivity index (χ4n) is 5.58. The van der Waals surface area contributed by atoms with Crippen molar-refractivity contribution >= 4 is 69.6 Å². The van der Waals surface area contributed by atoms with Gasteiger partial charge in [0, 0.05) is 48.4 Å². The Kier molecular flexibility index (Phi) is 8.80. The van der Waals surface area contributed by atoms with Crippen LogP contribution in [0.2, 0.25) is 15.1 Å². The maximum Gasteiger partial charge on any atom is 0.328 e. The van der Waals surface area contributed by atoms with Gasteiger partial charge in [0.25, 0.3) is 5.91 Å². The monoisotopic (exact) mass is 641 g/mol. The molecule has 1 aliphatic rings. The third kappa shape index (κ3) is 5.73. The Morgan fingerprint density at radius 3 is 2.47 bits per heavy atom. The summed E-state index contributed by atoms with van der Waals surface area (Å²) in [5.74, 6) is -1.46. The molecule has 0 spiro atoms. The van der Waals surface area contributed by atoms with Gasteiger partial charge in [-0.1, -0.05) is 58.7 Å². The number of likely N-dealkylation sites (tertiary alicyclic amines) is 1. The lowest BCUT2D eigenvalue weighted by Crippen LogP contribution is -2.47. The number of benzene rings is 2. The number of hydrogen-bond donors (Lipinski definition) is 1. The van der Waals surface area contributed by atoms with Gasteiger partial charge in [0.05, 0.1) is 27.6 Å². The molecule has 222 valence electrons. The van der Waals surface area contributed by atoms with Gasteiger partial charge in [0.15, 0.2) is 5.76 Å². The molecule has 1 saturated heterocycles. The van der Waals surface area contributed by atoms with E-state index in [0.29, 0.717) is 47.4 Å². The van der Waals surface area contributed by atoms with Crippen molar-refractivity contribution in [1.82, 2.24) is 14.6 Å². The third-order valence-electron chi connectivity index (χ3n) is 7.65. The first kappa shape index (κ1) is 30.6. The normalized spacial score (nSPS) is 14.8. The van der Waals surface area contributed by atoms with Crippen LogP contribution in [-0.4, -0.2) is 64.3 Å². The summed E-state index contributed by atoms with van der Waals surface area (Å²) in [4.78, 5) is 39.7. The molecule has 1 amide bonds. The zero-order valence-corrected chi connectivity index (χ0v) is 25.2. The first-order valence-corrected chi connectivity index (χ1v) is 14.3. The lowest BCUT2D eigenvalue weighted by molar-refractivity contribution is -0.131. The first-order chi connectivity index (χ1) is 20.6. The zero-order chi connectivity index (χ0) is 30.9. The lowest BCUT2D eigenvalue weighted by atomic mass is 9.75. The highest BCUT2D eigenvalue weighted by atomic mass is 35.5. The summed E-state index contributed by atoms with van der Waals surface area (Å²) < 4.78 is 13.1. The van der Waals surface area contributed by atoms with Crippen molar-refractivity contribution in [1.29, 1.82) is 0 Å². The van der Waals surface area contributed by atoms with Crippen LogP contribution in [0.5, 0.6) is 0 Å².